The number of allylic oxidation sites excluding steroid dienone is 1. The Morgan fingerprint density at radius 3 is 2.53 bits per heavy atom. The van der Waals surface area contributed by atoms with Crippen molar-refractivity contribution in [3.8, 4) is 11.8 Å². The summed E-state index contributed by atoms with van der Waals surface area (Å²) >= 11 is 0. The number of fused-ring (bicyclic) bond motifs is 2. The zero-order valence-corrected chi connectivity index (χ0v) is 19.7. The summed E-state index contributed by atoms with van der Waals surface area (Å²) in [5, 5.41) is 10.9. The summed E-state index contributed by atoms with van der Waals surface area (Å²) in [4.78, 5) is 40.4. The van der Waals surface area contributed by atoms with Crippen LogP contribution >= 0.6 is 0 Å². The maximum Gasteiger partial charge on any atom is 0.315 e. The van der Waals surface area contributed by atoms with Crippen LogP contribution in [0.25, 0.3) is 0 Å². The van der Waals surface area contributed by atoms with Crippen molar-refractivity contribution in [2.24, 2.45) is 51.8 Å². The highest BCUT2D eigenvalue weighted by atomic mass is 16.4. The highest BCUT2D eigenvalue weighted by Crippen LogP contribution is 2.82. The highest BCUT2D eigenvalue weighted by molar-refractivity contribution is 6.08. The van der Waals surface area contributed by atoms with Gasteiger partial charge in [0.05, 0.1) is 10.8 Å². The molecule has 4 nitrogen and oxygen atoms in total. The van der Waals surface area contributed by atoms with Crippen molar-refractivity contribution in [3.63, 3.8) is 0 Å². The number of rotatable bonds is 5. The summed E-state index contributed by atoms with van der Waals surface area (Å²) < 4.78 is 0. The van der Waals surface area contributed by atoms with E-state index in [1.807, 2.05) is 13.8 Å². The molecule has 0 heterocycles. The first kappa shape index (κ1) is 21.9. The molecule has 4 saturated carbocycles. The van der Waals surface area contributed by atoms with Crippen LogP contribution in [0.1, 0.15) is 78.6 Å². The van der Waals surface area contributed by atoms with Crippen molar-refractivity contribution < 1.29 is 19.5 Å². The van der Waals surface area contributed by atoms with Crippen LogP contribution in [0.4, 0.5) is 0 Å². The maximum absolute atomic E-state index is 14.1. The lowest BCUT2D eigenvalue weighted by atomic mass is 9.42. The molecule has 172 valence electrons. The zero-order valence-electron chi connectivity index (χ0n) is 19.7. The third-order valence-corrected chi connectivity index (χ3v) is 10.4. The molecule has 32 heavy (non-hydrogen) atoms. The number of carbonyl (C=O) groups is 3. The van der Waals surface area contributed by atoms with Crippen LogP contribution in [-0.4, -0.2) is 23.1 Å². The number of Topliss-reactive ketones (excluding diaryl/α,β-unsaturated/α-hetero) is 1. The molecule has 0 spiro atoms. The Bertz CT molecular complexity index is 944. The van der Waals surface area contributed by atoms with Gasteiger partial charge in [0.2, 0.25) is 5.78 Å². The van der Waals surface area contributed by atoms with E-state index >= 15 is 0 Å². The summed E-state index contributed by atoms with van der Waals surface area (Å²) in [6.45, 7) is 6.22. The van der Waals surface area contributed by atoms with E-state index in [0.717, 1.165) is 31.1 Å². The van der Waals surface area contributed by atoms with E-state index in [1.54, 1.807) is 0 Å². The van der Waals surface area contributed by atoms with Gasteiger partial charge >= 0.3 is 5.97 Å². The van der Waals surface area contributed by atoms with E-state index in [4.69, 9.17) is 0 Å². The molecule has 7 atom stereocenters. The van der Waals surface area contributed by atoms with Gasteiger partial charge in [-0.25, -0.2) is 0 Å². The van der Waals surface area contributed by atoms with Crippen LogP contribution < -0.4 is 0 Å². The Balaban J connectivity index is 1.66. The van der Waals surface area contributed by atoms with Crippen LogP contribution in [-0.2, 0) is 14.4 Å². The molecular weight excluding hydrogens is 400 g/mol. The molecule has 0 aromatic heterocycles. The minimum Gasteiger partial charge on any atom is -0.481 e. The number of carboxylic acids is 1. The molecule has 0 radical (unpaired) electrons. The lowest BCUT2D eigenvalue weighted by molar-refractivity contribution is -0.181. The van der Waals surface area contributed by atoms with Crippen molar-refractivity contribution >= 4 is 18.0 Å². The van der Waals surface area contributed by atoms with Gasteiger partial charge in [-0.3, -0.25) is 9.59 Å². The first-order valence-electron chi connectivity index (χ1n) is 12.7. The molecule has 1 N–H and O–H groups in total. The first-order valence-corrected chi connectivity index (χ1v) is 12.7. The number of hydrogen-bond donors (Lipinski definition) is 1. The molecular formula is C28H36O4. The van der Waals surface area contributed by atoms with Crippen molar-refractivity contribution in [1.82, 2.24) is 0 Å². The van der Waals surface area contributed by atoms with E-state index in [0.29, 0.717) is 24.7 Å². The van der Waals surface area contributed by atoms with Crippen molar-refractivity contribution in [2.75, 3.05) is 0 Å². The topological polar surface area (TPSA) is 71.4 Å². The quantitative estimate of drug-likeness (QED) is 0.283. The van der Waals surface area contributed by atoms with Crippen LogP contribution in [0.5, 0.6) is 0 Å². The Morgan fingerprint density at radius 1 is 1.19 bits per heavy atom. The average molecular weight is 437 g/mol. The Morgan fingerprint density at radius 2 is 1.91 bits per heavy atom. The second kappa shape index (κ2) is 7.31. The second-order valence-electron chi connectivity index (χ2n) is 11.8. The number of hydrogen-bond acceptors (Lipinski definition) is 3. The Labute approximate surface area is 191 Å². The van der Waals surface area contributed by atoms with Crippen molar-refractivity contribution in [3.05, 3.63) is 11.6 Å². The molecule has 4 bridgehead atoms. The van der Waals surface area contributed by atoms with Gasteiger partial charge in [-0.2, -0.15) is 0 Å². The van der Waals surface area contributed by atoms with Crippen LogP contribution in [0.15, 0.2) is 11.6 Å². The highest BCUT2D eigenvalue weighted by Gasteiger charge is 2.86. The van der Waals surface area contributed by atoms with Crippen molar-refractivity contribution in [2.45, 2.75) is 78.6 Å². The minimum atomic E-state index is -1.44. The number of aliphatic carboxylic acids is 1. The fraction of sp³-hybridized carbons (Fsp3) is 0.750. The van der Waals surface area contributed by atoms with E-state index in [9.17, 15) is 19.5 Å². The van der Waals surface area contributed by atoms with E-state index in [-0.39, 0.29) is 29.5 Å². The van der Waals surface area contributed by atoms with Gasteiger partial charge in [-0.1, -0.05) is 57.6 Å². The maximum atomic E-state index is 14.1. The van der Waals surface area contributed by atoms with Gasteiger partial charge in [0.15, 0.2) is 0 Å². The third kappa shape index (κ3) is 2.38. The predicted octanol–water partition coefficient (Wildman–Crippen LogP) is 5.06. The number of carboxylic acid groups (broad SMARTS) is 1. The number of aldehydes is 1. The fourth-order valence-electron chi connectivity index (χ4n) is 9.21. The predicted molar refractivity (Wildman–Crippen MR) is 121 cm³/mol. The molecule has 4 heteroatoms. The Hall–Kier alpha value is -1.89. The molecule has 4 fully saturated rings. The normalized spacial score (nSPS) is 44.2. The smallest absolute Gasteiger partial charge is 0.315 e. The molecule has 0 aromatic carbocycles. The largest absolute Gasteiger partial charge is 0.481 e. The average Bonchev–Trinajstić information content (AvgIpc) is 3.50. The molecule has 5 aliphatic rings. The first-order chi connectivity index (χ1) is 15.3. The molecule has 3 unspecified atom stereocenters. The van der Waals surface area contributed by atoms with Gasteiger partial charge < -0.3 is 9.90 Å². The van der Waals surface area contributed by atoms with E-state index in [2.05, 4.69) is 24.8 Å². The van der Waals surface area contributed by atoms with Gasteiger partial charge in [-0.05, 0) is 73.5 Å². The molecule has 5 aliphatic carbocycles. The standard InChI is InChI=1S/C28H36O4/c1-17(2)23-13-20-14-26(16-29)22-12-11-18(3)21(22)15-27(20,28(23,26)25(31)32)24(30)10-6-9-19-7-4-5-8-19/h13,16-22H,4-5,7-9,11-12,14-15H2,1-3H3,(H,31,32)/t18-,20?,21-,22-,26?,27?,28+/m1/s1. The van der Waals surface area contributed by atoms with Crippen LogP contribution in [0.2, 0.25) is 0 Å². The lowest BCUT2D eigenvalue weighted by Gasteiger charge is -2.57. The zero-order chi connectivity index (χ0) is 22.9. The van der Waals surface area contributed by atoms with Crippen molar-refractivity contribution in [1.29, 1.82) is 0 Å². The van der Waals surface area contributed by atoms with Gasteiger partial charge in [0.1, 0.15) is 11.7 Å². The SMILES string of the molecule is CC(C)C1=CC2CC3(C=O)[C@@H]4CC[C@@H](C)[C@H]4CC2(C(=O)C#CCC2CCCC2)[C@]13C(=O)O. The molecule has 5 rings (SSSR count). The van der Waals surface area contributed by atoms with Gasteiger partial charge in [0.25, 0.3) is 0 Å². The lowest BCUT2D eigenvalue weighted by Crippen LogP contribution is -2.64. The van der Waals surface area contributed by atoms with Gasteiger partial charge in [0, 0.05) is 6.42 Å². The molecule has 0 saturated heterocycles. The fourth-order valence-corrected chi connectivity index (χ4v) is 9.21. The summed E-state index contributed by atoms with van der Waals surface area (Å²) in [6, 6.07) is 0. The summed E-state index contributed by atoms with van der Waals surface area (Å²) in [7, 11) is 0. The molecule has 0 aliphatic heterocycles. The summed E-state index contributed by atoms with van der Waals surface area (Å²) in [6.07, 6.45) is 11.5. The monoisotopic (exact) mass is 436 g/mol. The second-order valence-corrected chi connectivity index (χ2v) is 11.8. The minimum absolute atomic E-state index is 0.0234. The molecule has 0 aromatic rings. The van der Waals surface area contributed by atoms with Gasteiger partial charge in [-0.15, -0.1) is 0 Å². The number of carbonyl (C=O) groups excluding carboxylic acids is 2. The molecule has 0 amide bonds. The third-order valence-electron chi connectivity index (χ3n) is 10.4. The van der Waals surface area contributed by atoms with E-state index in [1.165, 1.54) is 25.7 Å². The number of ketones is 1. The van der Waals surface area contributed by atoms with Crippen LogP contribution in [0, 0.1) is 63.6 Å². The summed E-state index contributed by atoms with van der Waals surface area (Å²) in [5.74, 6) is 5.96. The Kier molecular flexibility index (Phi) is 5.01. The summed E-state index contributed by atoms with van der Waals surface area (Å²) in [5.41, 5.74) is -2.72. The van der Waals surface area contributed by atoms with Crippen LogP contribution in [0.3, 0.4) is 0 Å². The van der Waals surface area contributed by atoms with E-state index < -0.39 is 22.2 Å².